The summed E-state index contributed by atoms with van der Waals surface area (Å²) in [6.45, 7) is 1.85. The first-order valence-corrected chi connectivity index (χ1v) is 8.92. The molecule has 2 atom stereocenters. The van der Waals surface area contributed by atoms with E-state index in [0.29, 0.717) is 0 Å². The second-order valence-electron chi connectivity index (χ2n) is 5.28. The van der Waals surface area contributed by atoms with Crippen LogP contribution in [0, 0.1) is 5.92 Å². The fourth-order valence-corrected chi connectivity index (χ4v) is 4.81. The minimum atomic E-state index is -0.0340. The smallest absolute Gasteiger partial charge is 0.231 e. The van der Waals surface area contributed by atoms with Crippen molar-refractivity contribution in [3.8, 4) is 0 Å². The molecule has 2 heterocycles. The van der Waals surface area contributed by atoms with Crippen molar-refractivity contribution >= 4 is 38.5 Å². The van der Waals surface area contributed by atoms with Crippen LogP contribution in [0.3, 0.4) is 0 Å². The van der Waals surface area contributed by atoms with E-state index in [9.17, 15) is 4.79 Å². The zero-order valence-electron chi connectivity index (χ0n) is 11.3. The molecule has 1 aromatic carbocycles. The van der Waals surface area contributed by atoms with Crippen molar-refractivity contribution in [1.29, 1.82) is 0 Å². The topological polar surface area (TPSA) is 20.3 Å². The van der Waals surface area contributed by atoms with Crippen LogP contribution in [0.4, 0.5) is 0 Å². The molecule has 1 saturated heterocycles. The molecule has 2 nitrogen and oxygen atoms in total. The van der Waals surface area contributed by atoms with Crippen LogP contribution < -0.4 is 0 Å². The SMILES string of the molecule is O=C(C1C=C(c2ccccc2)SC1Br)N1CCCCC1. The summed E-state index contributed by atoms with van der Waals surface area (Å²) in [6.07, 6.45) is 5.68. The summed E-state index contributed by atoms with van der Waals surface area (Å²) < 4.78 is 0.159. The molecule has 0 radical (unpaired) electrons. The van der Waals surface area contributed by atoms with Crippen LogP contribution in [0.2, 0.25) is 0 Å². The maximum Gasteiger partial charge on any atom is 0.231 e. The number of nitrogens with zero attached hydrogens (tertiary/aromatic N) is 1. The number of piperidine rings is 1. The van der Waals surface area contributed by atoms with Crippen molar-refractivity contribution < 1.29 is 4.79 Å². The van der Waals surface area contributed by atoms with Crippen LogP contribution in [0.1, 0.15) is 24.8 Å². The Morgan fingerprint density at radius 1 is 1.15 bits per heavy atom. The van der Waals surface area contributed by atoms with Gasteiger partial charge >= 0.3 is 0 Å². The number of benzene rings is 1. The van der Waals surface area contributed by atoms with Crippen LogP contribution in [0.15, 0.2) is 36.4 Å². The number of carbonyl (C=O) groups is 1. The number of hydrogen-bond donors (Lipinski definition) is 0. The normalized spacial score (nSPS) is 26.4. The number of amides is 1. The average Bonchev–Trinajstić information content (AvgIpc) is 2.90. The van der Waals surface area contributed by atoms with E-state index in [-0.39, 0.29) is 16.0 Å². The third-order valence-electron chi connectivity index (χ3n) is 3.86. The van der Waals surface area contributed by atoms with Gasteiger partial charge in [0.15, 0.2) is 0 Å². The zero-order chi connectivity index (χ0) is 13.9. The van der Waals surface area contributed by atoms with E-state index < -0.39 is 0 Å². The molecule has 2 aliphatic rings. The number of carbonyl (C=O) groups excluding carboxylic acids is 1. The van der Waals surface area contributed by atoms with Gasteiger partial charge in [0.25, 0.3) is 0 Å². The largest absolute Gasteiger partial charge is 0.342 e. The van der Waals surface area contributed by atoms with Gasteiger partial charge in [0.1, 0.15) is 0 Å². The summed E-state index contributed by atoms with van der Waals surface area (Å²) in [6, 6.07) is 10.3. The third kappa shape index (κ3) is 2.96. The summed E-state index contributed by atoms with van der Waals surface area (Å²) in [4.78, 5) is 15.9. The molecule has 0 spiro atoms. The minimum absolute atomic E-state index is 0.0340. The van der Waals surface area contributed by atoms with Crippen molar-refractivity contribution in [2.75, 3.05) is 13.1 Å². The van der Waals surface area contributed by atoms with E-state index in [1.807, 2.05) is 23.1 Å². The predicted octanol–water partition coefficient (Wildman–Crippen LogP) is 4.12. The number of rotatable bonds is 2. The van der Waals surface area contributed by atoms with E-state index in [1.165, 1.54) is 16.9 Å². The van der Waals surface area contributed by atoms with Crippen LogP contribution in [0.25, 0.3) is 4.91 Å². The summed E-state index contributed by atoms with van der Waals surface area (Å²) in [7, 11) is 0. The standard InChI is InChI=1S/C16H18BrNOS/c17-15-13(16(19)18-9-5-2-6-10-18)11-14(20-15)12-7-3-1-4-8-12/h1,3-4,7-8,11,13,15H,2,5-6,9-10H2. The Bertz CT molecular complexity index is 510. The molecule has 2 unspecified atom stereocenters. The van der Waals surface area contributed by atoms with Gasteiger partial charge in [-0.15, -0.1) is 11.8 Å². The lowest BCUT2D eigenvalue weighted by molar-refractivity contribution is -0.134. The second-order valence-corrected chi connectivity index (χ2v) is 8.05. The number of halogens is 1. The van der Waals surface area contributed by atoms with Gasteiger partial charge in [-0.1, -0.05) is 52.3 Å². The highest BCUT2D eigenvalue weighted by molar-refractivity contribution is 9.11. The fraction of sp³-hybridized carbons (Fsp3) is 0.438. The molecule has 3 rings (SSSR count). The Labute approximate surface area is 132 Å². The maximum absolute atomic E-state index is 12.6. The van der Waals surface area contributed by atoms with Gasteiger partial charge in [0, 0.05) is 18.0 Å². The number of hydrogen-bond acceptors (Lipinski definition) is 2. The van der Waals surface area contributed by atoms with E-state index in [1.54, 1.807) is 11.8 Å². The zero-order valence-corrected chi connectivity index (χ0v) is 13.7. The van der Waals surface area contributed by atoms with Gasteiger partial charge in [-0.05, 0) is 24.8 Å². The Hall–Kier alpha value is -0.740. The van der Waals surface area contributed by atoms with Gasteiger partial charge in [-0.25, -0.2) is 0 Å². The minimum Gasteiger partial charge on any atom is -0.342 e. The molecule has 0 saturated carbocycles. The highest BCUT2D eigenvalue weighted by Gasteiger charge is 2.35. The Morgan fingerprint density at radius 2 is 1.85 bits per heavy atom. The molecule has 0 N–H and O–H groups in total. The molecule has 2 aliphatic heterocycles. The summed E-state index contributed by atoms with van der Waals surface area (Å²) in [5.41, 5.74) is 1.20. The molecule has 1 fully saturated rings. The van der Waals surface area contributed by atoms with E-state index in [0.717, 1.165) is 25.9 Å². The fourth-order valence-electron chi connectivity index (χ4n) is 2.75. The summed E-state index contributed by atoms with van der Waals surface area (Å²) in [5.74, 6) is 0.248. The van der Waals surface area contributed by atoms with Crippen LogP contribution >= 0.6 is 27.7 Å². The quantitative estimate of drug-likeness (QED) is 0.746. The van der Waals surface area contributed by atoms with Crippen molar-refractivity contribution in [3.63, 3.8) is 0 Å². The maximum atomic E-state index is 12.6. The number of thioether (sulfide) groups is 1. The Morgan fingerprint density at radius 3 is 2.55 bits per heavy atom. The molecule has 4 heteroatoms. The molecular formula is C16H18BrNOS. The van der Waals surface area contributed by atoms with Gasteiger partial charge in [0.05, 0.1) is 10.1 Å². The molecule has 0 aliphatic carbocycles. The lowest BCUT2D eigenvalue weighted by Crippen LogP contribution is -2.40. The van der Waals surface area contributed by atoms with Gasteiger partial charge in [-0.2, -0.15) is 0 Å². The lowest BCUT2D eigenvalue weighted by Gasteiger charge is -2.29. The summed E-state index contributed by atoms with van der Waals surface area (Å²) in [5, 5.41) is 0. The van der Waals surface area contributed by atoms with Gasteiger partial charge in [-0.3, -0.25) is 4.79 Å². The van der Waals surface area contributed by atoms with Crippen LogP contribution in [0.5, 0.6) is 0 Å². The van der Waals surface area contributed by atoms with Crippen molar-refractivity contribution in [1.82, 2.24) is 4.90 Å². The van der Waals surface area contributed by atoms with E-state index in [4.69, 9.17) is 0 Å². The summed E-state index contributed by atoms with van der Waals surface area (Å²) >= 11 is 5.42. The Kier molecular flexibility index (Phi) is 4.51. The molecule has 1 amide bonds. The van der Waals surface area contributed by atoms with E-state index in [2.05, 4.69) is 34.1 Å². The first kappa shape index (κ1) is 14.2. The van der Waals surface area contributed by atoms with Crippen molar-refractivity contribution in [2.24, 2.45) is 5.92 Å². The molecule has 1 aromatic rings. The van der Waals surface area contributed by atoms with Crippen molar-refractivity contribution in [2.45, 2.75) is 23.4 Å². The predicted molar refractivity (Wildman–Crippen MR) is 88.6 cm³/mol. The molecule has 0 bridgehead atoms. The monoisotopic (exact) mass is 351 g/mol. The van der Waals surface area contributed by atoms with Crippen LogP contribution in [-0.4, -0.2) is 28.1 Å². The molecule has 106 valence electrons. The highest BCUT2D eigenvalue weighted by Crippen LogP contribution is 2.45. The van der Waals surface area contributed by atoms with Crippen LogP contribution in [-0.2, 0) is 4.79 Å². The highest BCUT2D eigenvalue weighted by atomic mass is 79.9. The lowest BCUT2D eigenvalue weighted by atomic mass is 10.0. The molecular weight excluding hydrogens is 334 g/mol. The first-order valence-electron chi connectivity index (χ1n) is 7.12. The number of likely N-dealkylation sites (tertiary alicyclic amines) is 1. The van der Waals surface area contributed by atoms with Gasteiger partial charge in [0.2, 0.25) is 5.91 Å². The van der Waals surface area contributed by atoms with Crippen molar-refractivity contribution in [3.05, 3.63) is 42.0 Å². The van der Waals surface area contributed by atoms with E-state index >= 15 is 0 Å². The Balaban J connectivity index is 1.76. The second kappa shape index (κ2) is 6.35. The number of alkyl halides is 1. The average molecular weight is 352 g/mol. The molecule has 20 heavy (non-hydrogen) atoms. The van der Waals surface area contributed by atoms with Gasteiger partial charge < -0.3 is 4.90 Å². The molecule has 0 aromatic heterocycles. The third-order valence-corrected chi connectivity index (χ3v) is 6.14. The first-order chi connectivity index (χ1) is 9.75.